The smallest absolute Gasteiger partial charge is 0.323 e. The van der Waals surface area contributed by atoms with Crippen LogP contribution in [-0.2, 0) is 0 Å². The summed E-state index contributed by atoms with van der Waals surface area (Å²) in [6.45, 7) is 87.8. The lowest BCUT2D eigenvalue weighted by Crippen LogP contribution is -2.67. The highest BCUT2D eigenvalue weighted by Gasteiger charge is 2.58. The van der Waals surface area contributed by atoms with Crippen LogP contribution in [0.5, 0.6) is 18.0 Å². The average Bonchev–Trinajstić information content (AvgIpc) is 0.741. The second kappa shape index (κ2) is 34.8. The van der Waals surface area contributed by atoms with Crippen molar-refractivity contribution in [3.8, 4) is 18.0 Å². The van der Waals surface area contributed by atoms with Crippen LogP contribution in [0.3, 0.4) is 0 Å². The molecule has 0 amide bonds. The molecular weight excluding hydrogens is 1620 g/mol. The van der Waals surface area contributed by atoms with Crippen LogP contribution >= 0.6 is 0 Å². The largest absolute Gasteiger partial charge is 0.460 e. The Morgan fingerprint density at radius 2 is 0.369 bits per heavy atom. The van der Waals surface area contributed by atoms with Gasteiger partial charge in [-0.2, -0.15) is 44.9 Å². The number of rotatable bonds is 24. The van der Waals surface area contributed by atoms with E-state index < -0.39 is 0 Å². The number of anilines is 6. The van der Waals surface area contributed by atoms with Gasteiger partial charge in [0.2, 0.25) is 35.7 Å². The molecule has 27 nitrogen and oxygen atoms in total. The molecule has 12 heterocycles. The van der Waals surface area contributed by atoms with Gasteiger partial charge in [-0.25, -0.2) is 0 Å². The summed E-state index contributed by atoms with van der Waals surface area (Å²) in [7, 11) is 20.7. The first kappa shape index (κ1) is 104. The minimum atomic E-state index is -0.199. The molecule has 0 bridgehead atoms. The summed E-state index contributed by atoms with van der Waals surface area (Å²) in [6, 6.07) is 1.50. The Balaban J connectivity index is 1.04. The first-order valence-corrected chi connectivity index (χ1v) is 50.4. The van der Waals surface area contributed by atoms with Gasteiger partial charge >= 0.3 is 18.0 Å². The summed E-state index contributed by atoms with van der Waals surface area (Å²) in [5.74, 6) is 3.40. The fraction of sp³-hybridized carbons (Fsp3) is 0.913. The predicted octanol–water partition coefficient (Wildman–Crippen LogP) is 17.7. The van der Waals surface area contributed by atoms with E-state index >= 15 is 0 Å². The fourth-order valence-corrected chi connectivity index (χ4v) is 27.3. The zero-order valence-electron chi connectivity index (χ0n) is 91.3. The van der Waals surface area contributed by atoms with Crippen molar-refractivity contribution in [2.45, 2.75) is 519 Å². The maximum Gasteiger partial charge on any atom is 0.323 e. The quantitative estimate of drug-likeness (QED) is 0.0854. The molecule has 9 saturated heterocycles. The molecule has 0 spiro atoms. The van der Waals surface area contributed by atoms with Gasteiger partial charge in [-0.15, -0.1) is 0 Å². The zero-order valence-corrected chi connectivity index (χ0v) is 91.3. The normalized spacial score (nSPS) is 28.2. The van der Waals surface area contributed by atoms with Crippen molar-refractivity contribution < 1.29 is 14.2 Å². The molecule has 2 N–H and O–H groups in total. The van der Waals surface area contributed by atoms with E-state index in [0.717, 1.165) is 116 Å². The van der Waals surface area contributed by atoms with Crippen LogP contribution in [0.2, 0.25) is 0 Å². The lowest BCUT2D eigenvalue weighted by atomic mass is 9.73. The third-order valence-corrected chi connectivity index (χ3v) is 36.8. The molecule has 3 aromatic rings. The number of nitrogens with zero attached hydrogens (tertiary/aromatic N) is 22. The van der Waals surface area contributed by atoms with E-state index in [-0.39, 0.29) is 154 Å². The number of hydrogen-bond donors (Lipinski definition) is 2. The minimum absolute atomic E-state index is 0.0558. The minimum Gasteiger partial charge on any atom is -0.460 e. The van der Waals surface area contributed by atoms with Crippen molar-refractivity contribution in [3.05, 3.63) is 0 Å². The lowest BCUT2D eigenvalue weighted by molar-refractivity contribution is -0.0583. The highest BCUT2D eigenvalue weighted by Crippen LogP contribution is 2.53. The van der Waals surface area contributed by atoms with Gasteiger partial charge in [-0.3, -0.25) is 44.1 Å². The number of aromatic nitrogens is 9. The maximum atomic E-state index is 7.59. The number of hydrogen-bond acceptors (Lipinski definition) is 27. The van der Waals surface area contributed by atoms with Crippen molar-refractivity contribution in [2.75, 3.05) is 120 Å². The van der Waals surface area contributed by atoms with Gasteiger partial charge < -0.3 is 44.4 Å². The molecule has 0 saturated carbocycles. The Bertz CT molecular complexity index is 3970. The first-order valence-electron chi connectivity index (χ1n) is 50.4. The number of nitrogens with one attached hydrogen (secondary N) is 2. The molecule has 9 fully saturated rings. The monoisotopic (exact) mass is 1810 g/mol. The van der Waals surface area contributed by atoms with Gasteiger partial charge in [0.25, 0.3) is 0 Å². The van der Waals surface area contributed by atoms with Gasteiger partial charge in [0, 0.05) is 201 Å². The van der Waals surface area contributed by atoms with E-state index in [0.29, 0.717) is 79.9 Å². The van der Waals surface area contributed by atoms with Crippen molar-refractivity contribution in [2.24, 2.45) is 0 Å². The SMILES string of the molecule is CN1C(C)(C)CC(Oc2nc(NCCN(CCNc3nc(OC4CC(C)(C)N(C)C(C)(C)C4)nc(N(C4CC(C)(C)N(C)C(C)(C)C4)C4CC(C)(C)N(C)C(C)(C)C4)n3)c3nc(OC4CC(C)(C)N(C)C(C)(C)C4)nc(N(C4CC(C)(C)N(C)C(C)(C)C4)C4CC(C)(C)N(C)C(C)(C)C4)n3)nc(N(C3CC(C)(C)N(C)C(C)(C)C3)C3CC(C)(C)N(C)C(C)(C)C3)n2)CC1(C)C. The topological polar surface area (TPSA) is 210 Å². The van der Waals surface area contributed by atoms with Gasteiger partial charge in [-0.1, -0.05) is 0 Å². The molecule has 0 atom stereocenters. The van der Waals surface area contributed by atoms with Crippen LogP contribution in [-0.4, -0.2) is 333 Å². The van der Waals surface area contributed by atoms with Crippen molar-refractivity contribution in [1.29, 1.82) is 0 Å². The highest BCUT2D eigenvalue weighted by atomic mass is 16.5. The Morgan fingerprint density at radius 1 is 0.215 bits per heavy atom. The molecule has 9 aliphatic heterocycles. The summed E-state index contributed by atoms with van der Waals surface area (Å²) in [5.41, 5.74) is -2.77. The fourth-order valence-electron chi connectivity index (χ4n) is 27.3. The Morgan fingerprint density at radius 3 is 0.554 bits per heavy atom. The van der Waals surface area contributed by atoms with E-state index in [1.165, 1.54) is 0 Å². The number of ether oxygens (including phenoxy) is 3. The van der Waals surface area contributed by atoms with Gasteiger partial charge in [0.15, 0.2) is 0 Å². The summed E-state index contributed by atoms with van der Waals surface area (Å²) >= 11 is 0. The molecule has 3 aromatic heterocycles. The van der Waals surface area contributed by atoms with E-state index in [2.05, 4.69) is 387 Å². The molecular formula is C103H190N24O3. The van der Waals surface area contributed by atoms with Crippen molar-refractivity contribution in [1.82, 2.24) is 89.0 Å². The molecule has 27 heteroatoms. The third-order valence-electron chi connectivity index (χ3n) is 36.8. The van der Waals surface area contributed by atoms with Crippen LogP contribution in [0, 0.1) is 0 Å². The Labute approximate surface area is 791 Å². The summed E-state index contributed by atoms with van der Waals surface area (Å²) in [5, 5.41) is 7.92. The van der Waals surface area contributed by atoms with Gasteiger partial charge in [-0.05, 0) is 390 Å². The molecule has 130 heavy (non-hydrogen) atoms. The maximum absolute atomic E-state index is 7.59. The lowest BCUT2D eigenvalue weighted by Gasteiger charge is -2.60. The standard InChI is InChI=1S/C103H190N24O3/c1-86(2)50-68(51-87(3,4)115(86)37)125(69-52-88(5,6)116(38)89(7,8)53-69)80-106-77(108-83(112-80)128-74-62-98(25,26)121(43)99(27,28)63-74)104-46-48-124(79-110-82(114-85(111-79)130-76-66-102(33,34)123(45)103(35,36)67-76)127(72-58-94(17,18)119(41)95(19,20)59-72)73-60-96(21,22)120(42)97(23,24)61-73)49-47-105-78-107-81(113-84(109-78)129-75-64-100(29,30)122(44)101(31,32)65-75)126(70-54-90(9,10)117(39)91(11,12)55-70)71-56-92(13,14)118(40)93(15,16)57-71/h68-76H,46-67H2,1-45H3,(H,104,106,108,112)(H,105,107,109,113). The second-order valence-electron chi connectivity index (χ2n) is 54.2. The van der Waals surface area contributed by atoms with Crippen LogP contribution in [0.25, 0.3) is 0 Å². The first-order chi connectivity index (χ1) is 58.9. The van der Waals surface area contributed by atoms with E-state index in [4.69, 9.17) is 59.1 Å². The summed E-state index contributed by atoms with van der Waals surface area (Å²) in [6.07, 6.45) is 15.3. The summed E-state index contributed by atoms with van der Waals surface area (Å²) in [4.78, 5) is 84.8. The molecule has 0 aliphatic carbocycles. The second-order valence-corrected chi connectivity index (χ2v) is 54.2. The molecule has 9 aliphatic rings. The van der Waals surface area contributed by atoms with E-state index in [1.807, 2.05) is 0 Å². The van der Waals surface area contributed by atoms with Gasteiger partial charge in [0.05, 0.1) is 0 Å². The van der Waals surface area contributed by atoms with Crippen molar-refractivity contribution >= 4 is 35.7 Å². The molecule has 0 unspecified atom stereocenters. The average molecular weight is 1810 g/mol. The van der Waals surface area contributed by atoms with Crippen LogP contribution < -0.4 is 44.4 Å². The molecule has 740 valence electrons. The number of piperidine rings is 9. The zero-order chi connectivity index (χ0) is 97.4. The number of likely N-dealkylation sites (tertiary alicyclic amines) is 9. The van der Waals surface area contributed by atoms with E-state index in [9.17, 15) is 0 Å². The highest BCUT2D eigenvalue weighted by molar-refractivity contribution is 5.48. The Kier molecular flexibility index (Phi) is 27.8. The Hall–Kier alpha value is -5.13. The molecule has 0 aromatic carbocycles. The summed E-state index contributed by atoms with van der Waals surface area (Å²) < 4.78 is 22.4. The molecule has 12 rings (SSSR count). The van der Waals surface area contributed by atoms with Crippen LogP contribution in [0.15, 0.2) is 0 Å². The van der Waals surface area contributed by atoms with Crippen LogP contribution in [0.1, 0.15) is 365 Å². The van der Waals surface area contributed by atoms with Gasteiger partial charge in [0.1, 0.15) is 18.3 Å². The predicted molar refractivity (Wildman–Crippen MR) is 538 cm³/mol. The third kappa shape index (κ3) is 21.3. The van der Waals surface area contributed by atoms with Crippen LogP contribution in [0.4, 0.5) is 35.7 Å². The van der Waals surface area contributed by atoms with E-state index in [1.54, 1.807) is 0 Å². The van der Waals surface area contributed by atoms with Crippen molar-refractivity contribution in [3.63, 3.8) is 0 Å². The molecule has 0 radical (unpaired) electrons.